The van der Waals surface area contributed by atoms with Crippen LogP contribution >= 0.6 is 15.9 Å². The van der Waals surface area contributed by atoms with Crippen LogP contribution in [0.25, 0.3) is 0 Å². The molecule has 2 aromatic carbocycles. The fraction of sp³-hybridized carbons (Fsp3) is 0.188. The molecule has 0 aliphatic rings. The first kappa shape index (κ1) is 16.2. The van der Waals surface area contributed by atoms with Crippen molar-refractivity contribution in [2.75, 3.05) is 14.2 Å². The first-order valence-corrected chi connectivity index (χ1v) is 7.32. The van der Waals surface area contributed by atoms with Gasteiger partial charge in [-0.2, -0.15) is 0 Å². The second-order valence-electron chi connectivity index (χ2n) is 4.53. The van der Waals surface area contributed by atoms with Crippen LogP contribution in [0, 0.1) is 0 Å². The van der Waals surface area contributed by atoms with E-state index in [9.17, 15) is 9.90 Å². The summed E-state index contributed by atoms with van der Waals surface area (Å²) in [6.45, 7) is 0.311. The number of ether oxygens (including phenoxy) is 2. The number of carbonyl (C=O) groups excluding carboxylic acids is 1. The Morgan fingerprint density at radius 2 is 1.86 bits per heavy atom. The average Bonchev–Trinajstić information content (AvgIpc) is 2.54. The third kappa shape index (κ3) is 3.71. The summed E-state index contributed by atoms with van der Waals surface area (Å²) in [7, 11) is 3.12. The molecule has 116 valence electrons. The standard InChI is InChI=1S/C16H16BrNO4/c1-21-14-6-3-10(7-15(14)22-2)9-18-16(20)12-8-11(17)4-5-13(12)19/h3-8,19H,9H2,1-2H3,(H,18,20). The van der Waals surface area contributed by atoms with Gasteiger partial charge in [0.1, 0.15) is 5.75 Å². The minimum atomic E-state index is -0.353. The lowest BCUT2D eigenvalue weighted by Crippen LogP contribution is -2.22. The van der Waals surface area contributed by atoms with Gasteiger partial charge in [-0.1, -0.05) is 22.0 Å². The van der Waals surface area contributed by atoms with Crippen molar-refractivity contribution in [3.8, 4) is 17.2 Å². The summed E-state index contributed by atoms with van der Waals surface area (Å²) in [4.78, 5) is 12.1. The highest BCUT2D eigenvalue weighted by molar-refractivity contribution is 9.10. The number of rotatable bonds is 5. The van der Waals surface area contributed by atoms with E-state index in [2.05, 4.69) is 21.2 Å². The number of hydrogen-bond donors (Lipinski definition) is 2. The Hall–Kier alpha value is -2.21. The minimum absolute atomic E-state index is 0.0620. The molecule has 1 amide bonds. The van der Waals surface area contributed by atoms with Gasteiger partial charge in [0.05, 0.1) is 19.8 Å². The number of methoxy groups -OCH3 is 2. The van der Waals surface area contributed by atoms with Gasteiger partial charge >= 0.3 is 0 Å². The van der Waals surface area contributed by atoms with Crippen LogP contribution in [0.5, 0.6) is 17.2 Å². The number of amides is 1. The molecule has 0 aliphatic carbocycles. The van der Waals surface area contributed by atoms with Crippen LogP contribution < -0.4 is 14.8 Å². The minimum Gasteiger partial charge on any atom is -0.507 e. The fourth-order valence-electron chi connectivity index (χ4n) is 1.96. The summed E-state index contributed by atoms with van der Waals surface area (Å²) in [6.07, 6.45) is 0. The van der Waals surface area contributed by atoms with Crippen molar-refractivity contribution in [1.82, 2.24) is 5.32 Å². The molecule has 0 aromatic heterocycles. The molecule has 2 aromatic rings. The van der Waals surface area contributed by atoms with Crippen molar-refractivity contribution < 1.29 is 19.4 Å². The van der Waals surface area contributed by atoms with E-state index in [4.69, 9.17) is 9.47 Å². The molecule has 0 saturated heterocycles. The smallest absolute Gasteiger partial charge is 0.255 e. The van der Waals surface area contributed by atoms with Crippen LogP contribution in [0.3, 0.4) is 0 Å². The summed E-state index contributed by atoms with van der Waals surface area (Å²) in [5.41, 5.74) is 1.08. The molecular formula is C16H16BrNO4. The predicted molar refractivity (Wildman–Crippen MR) is 86.5 cm³/mol. The van der Waals surface area contributed by atoms with Gasteiger partial charge < -0.3 is 19.9 Å². The van der Waals surface area contributed by atoms with E-state index >= 15 is 0 Å². The number of phenols is 1. The zero-order valence-electron chi connectivity index (χ0n) is 12.2. The molecule has 2 N–H and O–H groups in total. The van der Waals surface area contributed by atoms with Crippen LogP contribution in [0.2, 0.25) is 0 Å². The number of hydrogen-bond acceptors (Lipinski definition) is 4. The van der Waals surface area contributed by atoms with Crippen molar-refractivity contribution >= 4 is 21.8 Å². The van der Waals surface area contributed by atoms with Gasteiger partial charge in [0, 0.05) is 11.0 Å². The van der Waals surface area contributed by atoms with Crippen LogP contribution in [0.4, 0.5) is 0 Å². The number of benzene rings is 2. The van der Waals surface area contributed by atoms with E-state index in [1.807, 2.05) is 6.07 Å². The first-order valence-electron chi connectivity index (χ1n) is 6.52. The van der Waals surface area contributed by atoms with E-state index in [-0.39, 0.29) is 17.2 Å². The zero-order chi connectivity index (χ0) is 16.1. The van der Waals surface area contributed by atoms with Crippen molar-refractivity contribution in [3.63, 3.8) is 0 Å². The van der Waals surface area contributed by atoms with E-state index in [1.165, 1.54) is 6.07 Å². The Bertz CT molecular complexity index is 688. The summed E-state index contributed by atoms with van der Waals surface area (Å²) in [5, 5.41) is 12.5. The summed E-state index contributed by atoms with van der Waals surface area (Å²) in [6, 6.07) is 10.1. The quantitative estimate of drug-likeness (QED) is 0.854. The molecule has 0 atom stereocenters. The summed E-state index contributed by atoms with van der Waals surface area (Å²) >= 11 is 3.27. The zero-order valence-corrected chi connectivity index (χ0v) is 13.8. The number of halogens is 1. The molecule has 0 unspecified atom stereocenters. The first-order chi connectivity index (χ1) is 10.5. The van der Waals surface area contributed by atoms with E-state index < -0.39 is 0 Å². The highest BCUT2D eigenvalue weighted by Gasteiger charge is 2.12. The summed E-state index contributed by atoms with van der Waals surface area (Å²) < 4.78 is 11.1. The van der Waals surface area contributed by atoms with Crippen LogP contribution in [0.1, 0.15) is 15.9 Å². The lowest BCUT2D eigenvalue weighted by Gasteiger charge is -2.11. The Morgan fingerprint density at radius 3 is 2.55 bits per heavy atom. The number of phenolic OH excluding ortho intramolecular Hbond substituents is 1. The molecule has 0 fully saturated rings. The third-order valence-electron chi connectivity index (χ3n) is 3.10. The Kier molecular flexibility index (Phi) is 5.27. The van der Waals surface area contributed by atoms with Crippen LogP contribution in [0.15, 0.2) is 40.9 Å². The lowest BCUT2D eigenvalue weighted by molar-refractivity contribution is 0.0948. The maximum Gasteiger partial charge on any atom is 0.255 e. The molecule has 5 nitrogen and oxygen atoms in total. The molecule has 0 aliphatic heterocycles. The largest absolute Gasteiger partial charge is 0.507 e. The molecule has 22 heavy (non-hydrogen) atoms. The van der Waals surface area contributed by atoms with Gasteiger partial charge in [-0.3, -0.25) is 4.79 Å². The number of nitrogens with one attached hydrogen (secondary N) is 1. The average molecular weight is 366 g/mol. The number of carbonyl (C=O) groups is 1. The maximum absolute atomic E-state index is 12.1. The van der Waals surface area contributed by atoms with Crippen LogP contribution in [-0.4, -0.2) is 25.2 Å². The van der Waals surface area contributed by atoms with Crippen molar-refractivity contribution in [1.29, 1.82) is 0 Å². The normalized spacial score (nSPS) is 10.1. The highest BCUT2D eigenvalue weighted by Crippen LogP contribution is 2.27. The van der Waals surface area contributed by atoms with Gasteiger partial charge in [0.2, 0.25) is 0 Å². The van der Waals surface area contributed by atoms with Gasteiger partial charge in [-0.15, -0.1) is 0 Å². The van der Waals surface area contributed by atoms with Crippen molar-refractivity contribution in [3.05, 3.63) is 52.0 Å². The van der Waals surface area contributed by atoms with Crippen molar-refractivity contribution in [2.45, 2.75) is 6.54 Å². The molecule has 2 rings (SSSR count). The Balaban J connectivity index is 2.09. The fourth-order valence-corrected chi connectivity index (χ4v) is 2.32. The van der Waals surface area contributed by atoms with Gasteiger partial charge in [-0.25, -0.2) is 0 Å². The van der Waals surface area contributed by atoms with E-state index in [0.29, 0.717) is 18.0 Å². The highest BCUT2D eigenvalue weighted by atomic mass is 79.9. The topological polar surface area (TPSA) is 67.8 Å². The van der Waals surface area contributed by atoms with E-state index in [0.717, 1.165) is 10.0 Å². The molecule has 0 heterocycles. The van der Waals surface area contributed by atoms with E-state index in [1.54, 1.807) is 38.5 Å². The molecular weight excluding hydrogens is 350 g/mol. The van der Waals surface area contributed by atoms with Gasteiger partial charge in [0.25, 0.3) is 5.91 Å². The third-order valence-corrected chi connectivity index (χ3v) is 3.60. The lowest BCUT2D eigenvalue weighted by atomic mass is 10.1. The van der Waals surface area contributed by atoms with Crippen LogP contribution in [-0.2, 0) is 6.54 Å². The second-order valence-corrected chi connectivity index (χ2v) is 5.45. The molecule has 6 heteroatoms. The molecule has 0 radical (unpaired) electrons. The number of aromatic hydroxyl groups is 1. The maximum atomic E-state index is 12.1. The van der Waals surface area contributed by atoms with Crippen molar-refractivity contribution in [2.24, 2.45) is 0 Å². The SMILES string of the molecule is COc1ccc(CNC(=O)c2cc(Br)ccc2O)cc1OC. The molecule has 0 bridgehead atoms. The summed E-state index contributed by atoms with van der Waals surface area (Å²) in [5.74, 6) is 0.809. The Morgan fingerprint density at radius 1 is 1.14 bits per heavy atom. The van der Waals surface area contributed by atoms with Gasteiger partial charge in [0.15, 0.2) is 11.5 Å². The monoisotopic (exact) mass is 365 g/mol. The Labute approximate surface area is 137 Å². The van der Waals surface area contributed by atoms with Gasteiger partial charge in [-0.05, 0) is 35.9 Å². The predicted octanol–water partition coefficient (Wildman–Crippen LogP) is 3.10. The molecule has 0 spiro atoms. The second kappa shape index (κ2) is 7.17. The molecule has 0 saturated carbocycles.